The molecule has 0 atom stereocenters. The summed E-state index contributed by atoms with van der Waals surface area (Å²) in [6.07, 6.45) is 0. The molecule has 0 fully saturated rings. The van der Waals surface area contributed by atoms with E-state index in [9.17, 15) is 9.59 Å². The second-order valence-electron chi connectivity index (χ2n) is 5.17. The number of carbonyl (C=O) groups excluding carboxylic acids is 2. The highest BCUT2D eigenvalue weighted by molar-refractivity contribution is 8.00. The highest BCUT2D eigenvalue weighted by Gasteiger charge is 2.09. The average Bonchev–Trinajstić information content (AvgIpc) is 2.60. The number of hydrogen-bond donors (Lipinski definition) is 2. The van der Waals surface area contributed by atoms with Crippen LogP contribution in [0.3, 0.4) is 0 Å². The quantitative estimate of drug-likeness (QED) is 0.658. The van der Waals surface area contributed by atoms with E-state index in [1.54, 1.807) is 42.5 Å². The molecule has 0 spiro atoms. The van der Waals surface area contributed by atoms with Crippen LogP contribution in [0.1, 0.15) is 6.92 Å². The lowest BCUT2D eigenvalue weighted by Crippen LogP contribution is -2.18. The number of amides is 2. The van der Waals surface area contributed by atoms with Crippen molar-refractivity contribution in [1.29, 1.82) is 0 Å². The summed E-state index contributed by atoms with van der Waals surface area (Å²) in [5.41, 5.74) is 1.12. The zero-order valence-corrected chi connectivity index (χ0v) is 16.4. The SMILES string of the molecule is CCOc1ccc(NC(=O)CSCC(=O)Nc2cc(Cl)ccc2Cl)cc1. The number of benzene rings is 2. The Bertz CT molecular complexity index is 770. The number of thioether (sulfide) groups is 1. The molecule has 138 valence electrons. The molecule has 0 unspecified atom stereocenters. The van der Waals surface area contributed by atoms with E-state index < -0.39 is 0 Å². The molecule has 0 saturated carbocycles. The number of nitrogens with one attached hydrogen (secondary N) is 2. The highest BCUT2D eigenvalue weighted by Crippen LogP contribution is 2.25. The molecule has 0 aromatic heterocycles. The molecule has 2 rings (SSSR count). The predicted octanol–water partition coefficient (Wildman–Crippen LogP) is 4.70. The maximum atomic E-state index is 11.9. The van der Waals surface area contributed by atoms with Crippen molar-refractivity contribution in [1.82, 2.24) is 0 Å². The Labute approximate surface area is 166 Å². The summed E-state index contributed by atoms with van der Waals surface area (Å²) >= 11 is 13.1. The van der Waals surface area contributed by atoms with Gasteiger partial charge in [-0.25, -0.2) is 0 Å². The summed E-state index contributed by atoms with van der Waals surface area (Å²) in [7, 11) is 0. The van der Waals surface area contributed by atoms with E-state index in [1.165, 1.54) is 11.8 Å². The summed E-state index contributed by atoms with van der Waals surface area (Å²) in [6, 6.07) is 11.9. The third-order valence-corrected chi connectivity index (χ3v) is 4.62. The smallest absolute Gasteiger partial charge is 0.234 e. The molecule has 26 heavy (non-hydrogen) atoms. The van der Waals surface area contributed by atoms with Crippen LogP contribution in [0.4, 0.5) is 11.4 Å². The first-order chi connectivity index (χ1) is 12.5. The van der Waals surface area contributed by atoms with Gasteiger partial charge in [-0.2, -0.15) is 0 Å². The maximum absolute atomic E-state index is 11.9. The average molecular weight is 413 g/mol. The van der Waals surface area contributed by atoms with Crippen LogP contribution in [0.25, 0.3) is 0 Å². The third kappa shape index (κ3) is 6.78. The lowest BCUT2D eigenvalue weighted by Gasteiger charge is -2.08. The molecule has 5 nitrogen and oxygen atoms in total. The van der Waals surface area contributed by atoms with Gasteiger partial charge in [-0.05, 0) is 49.4 Å². The van der Waals surface area contributed by atoms with E-state index in [0.717, 1.165) is 5.75 Å². The van der Waals surface area contributed by atoms with Gasteiger partial charge >= 0.3 is 0 Å². The van der Waals surface area contributed by atoms with Gasteiger partial charge in [0, 0.05) is 10.7 Å². The van der Waals surface area contributed by atoms with Gasteiger partial charge in [-0.1, -0.05) is 23.2 Å². The van der Waals surface area contributed by atoms with Crippen molar-refractivity contribution in [2.24, 2.45) is 0 Å². The van der Waals surface area contributed by atoms with Gasteiger partial charge in [0.2, 0.25) is 11.8 Å². The Hall–Kier alpha value is -1.89. The van der Waals surface area contributed by atoms with Crippen LogP contribution in [0.5, 0.6) is 5.75 Å². The highest BCUT2D eigenvalue weighted by atomic mass is 35.5. The molecule has 0 bridgehead atoms. The molecule has 0 saturated heterocycles. The summed E-state index contributed by atoms with van der Waals surface area (Å²) < 4.78 is 5.34. The number of rotatable bonds is 8. The summed E-state index contributed by atoms with van der Waals surface area (Å²) in [5.74, 6) is 0.584. The molecular weight excluding hydrogens is 395 g/mol. The molecule has 2 amide bonds. The van der Waals surface area contributed by atoms with Crippen LogP contribution in [-0.2, 0) is 9.59 Å². The van der Waals surface area contributed by atoms with Crippen molar-refractivity contribution in [3.8, 4) is 5.75 Å². The van der Waals surface area contributed by atoms with Gasteiger partial charge in [-0.3, -0.25) is 9.59 Å². The molecule has 0 aliphatic carbocycles. The molecule has 2 aromatic carbocycles. The molecule has 0 heterocycles. The number of ether oxygens (including phenoxy) is 1. The van der Waals surface area contributed by atoms with E-state index in [1.807, 2.05) is 6.92 Å². The zero-order valence-electron chi connectivity index (χ0n) is 14.1. The first-order valence-electron chi connectivity index (χ1n) is 7.83. The Kier molecular flexibility index (Phi) is 8.09. The van der Waals surface area contributed by atoms with Gasteiger partial charge in [0.1, 0.15) is 5.75 Å². The molecule has 0 aliphatic heterocycles. The summed E-state index contributed by atoms with van der Waals surface area (Å²) in [5, 5.41) is 6.32. The predicted molar refractivity (Wildman–Crippen MR) is 109 cm³/mol. The fourth-order valence-corrected chi connectivity index (χ4v) is 2.97. The van der Waals surface area contributed by atoms with Crippen LogP contribution in [0.15, 0.2) is 42.5 Å². The lowest BCUT2D eigenvalue weighted by atomic mass is 10.3. The van der Waals surface area contributed by atoms with E-state index in [4.69, 9.17) is 27.9 Å². The summed E-state index contributed by atoms with van der Waals surface area (Å²) in [6.45, 7) is 2.49. The van der Waals surface area contributed by atoms with E-state index >= 15 is 0 Å². The van der Waals surface area contributed by atoms with Crippen LogP contribution in [0.2, 0.25) is 10.0 Å². The third-order valence-electron chi connectivity index (χ3n) is 3.12. The van der Waals surface area contributed by atoms with Crippen LogP contribution >= 0.6 is 35.0 Å². The number of halogens is 2. The lowest BCUT2D eigenvalue weighted by molar-refractivity contribution is -0.114. The van der Waals surface area contributed by atoms with Crippen molar-refractivity contribution in [2.75, 3.05) is 28.7 Å². The molecule has 8 heteroatoms. The zero-order chi connectivity index (χ0) is 18.9. The normalized spacial score (nSPS) is 10.3. The number of hydrogen-bond acceptors (Lipinski definition) is 4. The van der Waals surface area contributed by atoms with Crippen molar-refractivity contribution in [3.05, 3.63) is 52.5 Å². The fourth-order valence-electron chi connectivity index (χ4n) is 2.01. The number of carbonyl (C=O) groups is 2. The fraction of sp³-hybridized carbons (Fsp3) is 0.222. The second kappa shape index (κ2) is 10.3. The van der Waals surface area contributed by atoms with Crippen LogP contribution < -0.4 is 15.4 Å². The van der Waals surface area contributed by atoms with E-state index in [-0.39, 0.29) is 23.3 Å². The van der Waals surface area contributed by atoms with Gasteiger partial charge in [-0.15, -0.1) is 11.8 Å². The monoisotopic (exact) mass is 412 g/mol. The Morgan fingerprint density at radius 3 is 2.31 bits per heavy atom. The first kappa shape index (κ1) is 20.4. The molecule has 2 aromatic rings. The number of anilines is 2. The molecular formula is C18H18Cl2N2O3S. The largest absolute Gasteiger partial charge is 0.494 e. The van der Waals surface area contributed by atoms with Gasteiger partial charge in [0.25, 0.3) is 0 Å². The Morgan fingerprint density at radius 2 is 1.65 bits per heavy atom. The standard InChI is InChI=1S/C18H18Cl2N2O3S/c1-2-25-14-6-4-13(5-7-14)21-17(23)10-26-11-18(24)22-16-9-12(19)3-8-15(16)20/h3-9H,2,10-11H2,1H3,(H,21,23)(H,22,24). The van der Waals surface area contributed by atoms with Gasteiger partial charge < -0.3 is 15.4 Å². The first-order valence-corrected chi connectivity index (χ1v) is 9.74. The van der Waals surface area contributed by atoms with Gasteiger partial charge in [0.05, 0.1) is 28.8 Å². The molecule has 0 radical (unpaired) electrons. The van der Waals surface area contributed by atoms with Crippen molar-refractivity contribution < 1.29 is 14.3 Å². The Morgan fingerprint density at radius 1 is 1.00 bits per heavy atom. The molecule has 2 N–H and O–H groups in total. The minimum atomic E-state index is -0.256. The minimum Gasteiger partial charge on any atom is -0.494 e. The Balaban J connectivity index is 1.73. The van der Waals surface area contributed by atoms with E-state index in [0.29, 0.717) is 28.0 Å². The van der Waals surface area contributed by atoms with E-state index in [2.05, 4.69) is 10.6 Å². The van der Waals surface area contributed by atoms with Gasteiger partial charge in [0.15, 0.2) is 0 Å². The second-order valence-corrected chi connectivity index (χ2v) is 7.00. The molecule has 0 aliphatic rings. The van der Waals surface area contributed by atoms with Crippen LogP contribution in [0, 0.1) is 0 Å². The topological polar surface area (TPSA) is 67.4 Å². The van der Waals surface area contributed by atoms with Crippen molar-refractivity contribution >= 4 is 58.2 Å². The van der Waals surface area contributed by atoms with Crippen molar-refractivity contribution in [2.45, 2.75) is 6.92 Å². The van der Waals surface area contributed by atoms with Crippen molar-refractivity contribution in [3.63, 3.8) is 0 Å². The summed E-state index contributed by atoms with van der Waals surface area (Å²) in [4.78, 5) is 23.9. The minimum absolute atomic E-state index is 0.125. The van der Waals surface area contributed by atoms with Crippen LogP contribution in [-0.4, -0.2) is 29.9 Å². The maximum Gasteiger partial charge on any atom is 0.234 e.